The van der Waals surface area contributed by atoms with Gasteiger partial charge in [0.25, 0.3) is 0 Å². The number of unbranched alkanes of at least 4 members (excludes halogenated alkanes) is 2. The summed E-state index contributed by atoms with van der Waals surface area (Å²) < 4.78 is 0. The molecular formula is C55H80N12O17S. The molecule has 0 bridgehead atoms. The van der Waals surface area contributed by atoms with E-state index < -0.39 is 171 Å². The zero-order chi connectivity index (χ0) is 63.0. The lowest BCUT2D eigenvalue weighted by molar-refractivity contribution is -0.142. The van der Waals surface area contributed by atoms with Crippen LogP contribution in [0.1, 0.15) is 94.6 Å². The number of hydrogen-bond acceptors (Lipinski definition) is 17. The molecule has 3 rings (SSSR count). The molecule has 8 amide bonds. The summed E-state index contributed by atoms with van der Waals surface area (Å²) in [7, 11) is 0. The van der Waals surface area contributed by atoms with Gasteiger partial charge in [-0.1, -0.05) is 48.5 Å². The molecule has 30 heteroatoms. The van der Waals surface area contributed by atoms with E-state index in [0.717, 1.165) is 0 Å². The van der Waals surface area contributed by atoms with Gasteiger partial charge >= 0.3 is 23.9 Å². The molecule has 0 fully saturated rings. The first kappa shape index (κ1) is 71.1. The first-order valence-electron chi connectivity index (χ1n) is 27.7. The van der Waals surface area contributed by atoms with E-state index in [1.165, 1.54) is 18.0 Å². The third-order valence-electron chi connectivity index (χ3n) is 13.4. The third-order valence-corrected chi connectivity index (χ3v) is 14.1. The number of benzene rings is 2. The number of carboxylic acids is 4. The van der Waals surface area contributed by atoms with E-state index in [1.807, 2.05) is 0 Å². The van der Waals surface area contributed by atoms with Gasteiger partial charge in [-0.05, 0) is 113 Å². The molecule has 0 radical (unpaired) electrons. The first-order chi connectivity index (χ1) is 40.5. The predicted octanol–water partition coefficient (Wildman–Crippen LogP) is -2.16. The molecule has 2 aromatic carbocycles. The number of amides is 8. The van der Waals surface area contributed by atoms with Gasteiger partial charge in [-0.3, -0.25) is 52.7 Å². The van der Waals surface area contributed by atoms with Crippen molar-refractivity contribution < 1.29 is 83.1 Å². The van der Waals surface area contributed by atoms with Crippen LogP contribution in [0, 0.1) is 0 Å². The van der Waals surface area contributed by atoms with E-state index >= 15 is 0 Å². The number of aliphatic carboxylic acids is 4. The molecule has 9 atom stereocenters. The van der Waals surface area contributed by atoms with Crippen molar-refractivity contribution in [3.63, 3.8) is 0 Å². The Hall–Kier alpha value is -8.19. The maximum atomic E-state index is 14.6. The quantitative estimate of drug-likeness (QED) is 0.0269. The maximum Gasteiger partial charge on any atom is 0.326 e. The van der Waals surface area contributed by atoms with Crippen molar-refractivity contribution in [1.29, 1.82) is 0 Å². The SMILES string of the molecule is CSCC[C@H](NC(=O)[C@H](CCCCN)NC(=O)[C@H](CCC(=O)O)NC(=O)[C@H](Cc1c[nH]c2ccccc12)NC(=O)[C@H](CCC(=O)O)NC(=O)[C@H](CCC(=O)O)NC(=O)[C@H](CCCCN)NC(=O)[C@H](CO)NC(=O)[C@@H](N)Cc1ccccc1)C(=O)O. The lowest BCUT2D eigenvalue weighted by Crippen LogP contribution is -2.61. The second kappa shape index (κ2) is 37.9. The normalized spacial score (nSPS) is 14.3. The number of nitrogens with two attached hydrogens (primary N) is 3. The van der Waals surface area contributed by atoms with Crippen molar-refractivity contribution >= 4 is 93.8 Å². The Bertz CT molecular complexity index is 2740. The molecule has 1 heterocycles. The minimum atomic E-state index is -1.85. The van der Waals surface area contributed by atoms with Crippen LogP contribution in [-0.2, 0) is 70.4 Å². The van der Waals surface area contributed by atoms with Gasteiger partial charge in [0.15, 0.2) is 0 Å². The number of aliphatic hydroxyl groups excluding tert-OH is 1. The zero-order valence-corrected chi connectivity index (χ0v) is 48.0. The number of carbonyl (C=O) groups excluding carboxylic acids is 8. The molecule has 0 aliphatic rings. The van der Waals surface area contributed by atoms with Crippen LogP contribution in [0.2, 0.25) is 0 Å². The number of carbonyl (C=O) groups is 12. The Balaban J connectivity index is 1.99. The predicted molar refractivity (Wildman–Crippen MR) is 310 cm³/mol. The molecule has 0 saturated carbocycles. The van der Waals surface area contributed by atoms with Gasteiger partial charge in [-0.2, -0.15) is 11.8 Å². The topological polar surface area (TPSA) is 496 Å². The lowest BCUT2D eigenvalue weighted by atomic mass is 10.0. The standard InChI is InChI=1S/C55H80N12O17S/c1-85-26-23-41(55(83)84)65-49(77)37(16-8-10-25-57)60-50(78)39(18-21-45(71)72)64-53(81)42(28-32-29-59-35-14-6-5-13-33(32)35)66-52(80)40(19-22-46(73)74)63-51(79)38(17-20-44(69)70)62-48(76)36(15-7-9-24-56)61-54(82)43(30-68)67-47(75)34(58)27-31-11-3-2-4-12-31/h2-6,11-14,29,34,36-43,59,68H,7-10,15-28,30,56-58H2,1H3,(H,60,78)(H,61,82)(H,62,76)(H,63,79)(H,64,81)(H,65,77)(H,66,80)(H,67,75)(H,69,70)(H,71,72)(H,73,74)(H,83,84)/t34-,36-,37-,38-,39-,40-,41-,42-,43-/m0/s1. The van der Waals surface area contributed by atoms with Gasteiger partial charge in [-0.15, -0.1) is 0 Å². The molecule has 0 aliphatic heterocycles. The fraction of sp³-hybridized carbons (Fsp3) is 0.527. The average molecular weight is 1210 g/mol. The molecule has 20 N–H and O–H groups in total. The highest BCUT2D eigenvalue weighted by Gasteiger charge is 2.36. The van der Waals surface area contributed by atoms with Crippen molar-refractivity contribution in [2.75, 3.05) is 31.7 Å². The number of H-pyrrole nitrogens is 1. The number of para-hydroxylation sites is 1. The molecule has 0 unspecified atom stereocenters. The number of aromatic amines is 1. The van der Waals surface area contributed by atoms with Crippen molar-refractivity contribution in [2.24, 2.45) is 17.2 Å². The minimum absolute atomic E-state index is 0.0388. The molecule has 0 spiro atoms. The van der Waals surface area contributed by atoms with E-state index in [2.05, 4.69) is 47.5 Å². The number of aromatic nitrogens is 1. The molecular weight excluding hydrogens is 1130 g/mol. The van der Waals surface area contributed by atoms with Crippen LogP contribution in [0.4, 0.5) is 0 Å². The van der Waals surface area contributed by atoms with Crippen LogP contribution >= 0.6 is 11.8 Å². The molecule has 0 saturated heterocycles. The van der Waals surface area contributed by atoms with Crippen molar-refractivity contribution in [3.05, 3.63) is 71.9 Å². The van der Waals surface area contributed by atoms with Gasteiger partial charge in [0, 0.05) is 42.8 Å². The largest absolute Gasteiger partial charge is 0.481 e. The fourth-order valence-corrected chi connectivity index (χ4v) is 9.17. The summed E-state index contributed by atoms with van der Waals surface area (Å²) in [5.74, 6) is -13.6. The monoisotopic (exact) mass is 1210 g/mol. The minimum Gasteiger partial charge on any atom is -0.481 e. The number of aliphatic hydroxyl groups is 1. The van der Waals surface area contributed by atoms with Gasteiger partial charge < -0.3 is 90.3 Å². The van der Waals surface area contributed by atoms with Crippen molar-refractivity contribution in [3.8, 4) is 0 Å². The molecule has 29 nitrogen and oxygen atoms in total. The number of nitrogens with one attached hydrogen (secondary N) is 9. The zero-order valence-electron chi connectivity index (χ0n) is 47.2. The summed E-state index contributed by atoms with van der Waals surface area (Å²) >= 11 is 1.34. The van der Waals surface area contributed by atoms with E-state index in [9.17, 15) is 83.1 Å². The fourth-order valence-electron chi connectivity index (χ4n) is 8.70. The van der Waals surface area contributed by atoms with Crippen LogP contribution < -0.4 is 59.7 Å². The van der Waals surface area contributed by atoms with E-state index in [-0.39, 0.29) is 58.0 Å². The molecule has 0 aliphatic carbocycles. The van der Waals surface area contributed by atoms with Gasteiger partial charge in [0.05, 0.1) is 12.6 Å². The number of hydrogen-bond donors (Lipinski definition) is 17. The number of thioether (sulfide) groups is 1. The Kier molecular flexibility index (Phi) is 31.7. The van der Waals surface area contributed by atoms with E-state index in [4.69, 9.17) is 17.2 Å². The van der Waals surface area contributed by atoms with Crippen LogP contribution in [0.15, 0.2) is 60.8 Å². The van der Waals surface area contributed by atoms with Crippen molar-refractivity contribution in [1.82, 2.24) is 47.5 Å². The summed E-state index contributed by atoms with van der Waals surface area (Å²) in [6.45, 7) is -0.564. The average Bonchev–Trinajstić information content (AvgIpc) is 4.18. The summed E-state index contributed by atoms with van der Waals surface area (Å²) in [6, 6.07) is 1.43. The molecule has 1 aromatic heterocycles. The Morgan fingerprint density at radius 1 is 0.471 bits per heavy atom. The Morgan fingerprint density at radius 2 is 0.859 bits per heavy atom. The Labute approximate surface area is 494 Å². The highest BCUT2D eigenvalue weighted by molar-refractivity contribution is 7.98. The van der Waals surface area contributed by atoms with Crippen LogP contribution in [0.3, 0.4) is 0 Å². The number of rotatable bonds is 42. The van der Waals surface area contributed by atoms with Crippen LogP contribution in [0.5, 0.6) is 0 Å². The van der Waals surface area contributed by atoms with Crippen LogP contribution in [-0.4, -0.2) is 188 Å². The van der Waals surface area contributed by atoms with E-state index in [1.54, 1.807) is 60.9 Å². The third kappa shape index (κ3) is 25.7. The highest BCUT2D eigenvalue weighted by Crippen LogP contribution is 2.20. The van der Waals surface area contributed by atoms with Gasteiger partial charge in [-0.25, -0.2) is 4.79 Å². The van der Waals surface area contributed by atoms with Crippen LogP contribution in [0.25, 0.3) is 10.9 Å². The maximum absolute atomic E-state index is 14.6. The summed E-state index contributed by atoms with van der Waals surface area (Å²) in [4.78, 5) is 163. The summed E-state index contributed by atoms with van der Waals surface area (Å²) in [5.41, 5.74) is 19.2. The molecule has 468 valence electrons. The first-order valence-corrected chi connectivity index (χ1v) is 29.1. The number of fused-ring (bicyclic) bond motifs is 1. The van der Waals surface area contributed by atoms with Crippen molar-refractivity contribution in [2.45, 2.75) is 151 Å². The highest BCUT2D eigenvalue weighted by atomic mass is 32.2. The Morgan fingerprint density at radius 3 is 1.28 bits per heavy atom. The molecule has 3 aromatic rings. The van der Waals surface area contributed by atoms with Gasteiger partial charge in [0.2, 0.25) is 47.3 Å². The number of carboxylic acid groups (broad SMARTS) is 4. The molecule has 85 heavy (non-hydrogen) atoms. The summed E-state index contributed by atoms with van der Waals surface area (Å²) in [5, 5.41) is 69.0. The van der Waals surface area contributed by atoms with Gasteiger partial charge in [0.1, 0.15) is 48.3 Å². The van der Waals surface area contributed by atoms with E-state index in [0.29, 0.717) is 40.6 Å². The summed E-state index contributed by atoms with van der Waals surface area (Å²) in [6.07, 6.45) is 0.00460. The smallest absolute Gasteiger partial charge is 0.326 e. The second-order valence-electron chi connectivity index (χ2n) is 20.0. The second-order valence-corrected chi connectivity index (χ2v) is 21.0. The lowest BCUT2D eigenvalue weighted by Gasteiger charge is -2.28.